The Hall–Kier alpha value is -1.02. The zero-order valence-electron chi connectivity index (χ0n) is 11.1. The molecule has 1 aromatic rings. The molecule has 1 unspecified atom stereocenters. The van der Waals surface area contributed by atoms with E-state index in [1.54, 1.807) is 0 Å². The Morgan fingerprint density at radius 3 is 2.61 bits per heavy atom. The van der Waals surface area contributed by atoms with Crippen molar-refractivity contribution in [1.29, 1.82) is 0 Å². The van der Waals surface area contributed by atoms with Crippen molar-refractivity contribution in [3.05, 3.63) is 29.3 Å². The molecule has 0 bridgehead atoms. The number of likely N-dealkylation sites (tertiary alicyclic amines) is 1. The van der Waals surface area contributed by atoms with Crippen LogP contribution in [0.4, 0.5) is 0 Å². The van der Waals surface area contributed by atoms with Crippen molar-refractivity contribution in [1.82, 2.24) is 4.90 Å². The molecule has 2 aliphatic rings. The SMILES string of the molecule is Oc1cccc2c1CC(N1CCCCCC1)CC2. The maximum Gasteiger partial charge on any atom is 0.119 e. The van der Waals surface area contributed by atoms with Crippen molar-refractivity contribution in [3.8, 4) is 5.75 Å². The lowest BCUT2D eigenvalue weighted by Gasteiger charge is -2.34. The number of phenolic OH excluding ortho intramolecular Hbond substituents is 1. The molecular weight excluding hydrogens is 222 g/mol. The Morgan fingerprint density at radius 1 is 1.06 bits per heavy atom. The monoisotopic (exact) mass is 245 g/mol. The van der Waals surface area contributed by atoms with E-state index in [0.717, 1.165) is 12.8 Å². The predicted molar refractivity (Wildman–Crippen MR) is 74.0 cm³/mol. The smallest absolute Gasteiger partial charge is 0.119 e. The summed E-state index contributed by atoms with van der Waals surface area (Å²) in [6.07, 6.45) is 8.92. The Balaban J connectivity index is 1.75. The lowest BCUT2D eigenvalue weighted by Crippen LogP contribution is -2.39. The predicted octanol–water partition coefficient (Wildman–Crippen LogP) is 3.13. The van der Waals surface area contributed by atoms with Crippen LogP contribution in [0.25, 0.3) is 0 Å². The van der Waals surface area contributed by atoms with E-state index in [4.69, 9.17) is 0 Å². The Labute approximate surface area is 110 Å². The zero-order valence-corrected chi connectivity index (χ0v) is 11.1. The number of nitrogens with zero attached hydrogens (tertiary/aromatic N) is 1. The third-order valence-electron chi connectivity index (χ3n) is 4.59. The van der Waals surface area contributed by atoms with Crippen LogP contribution in [0.1, 0.15) is 43.2 Å². The molecule has 0 spiro atoms. The Kier molecular flexibility index (Phi) is 3.55. The lowest BCUT2D eigenvalue weighted by molar-refractivity contribution is 0.185. The highest BCUT2D eigenvalue weighted by atomic mass is 16.3. The van der Waals surface area contributed by atoms with Crippen LogP contribution in [0.5, 0.6) is 5.75 Å². The van der Waals surface area contributed by atoms with E-state index in [1.165, 1.54) is 56.3 Å². The van der Waals surface area contributed by atoms with E-state index in [-0.39, 0.29) is 0 Å². The molecule has 0 amide bonds. The van der Waals surface area contributed by atoms with Crippen LogP contribution < -0.4 is 0 Å². The van der Waals surface area contributed by atoms with Crippen LogP contribution in [0, 0.1) is 0 Å². The van der Waals surface area contributed by atoms with E-state index in [1.807, 2.05) is 12.1 Å². The van der Waals surface area contributed by atoms with Gasteiger partial charge in [0.25, 0.3) is 0 Å². The summed E-state index contributed by atoms with van der Waals surface area (Å²) in [5, 5.41) is 10.0. The molecule has 1 aliphatic heterocycles. The maximum absolute atomic E-state index is 10.0. The van der Waals surface area contributed by atoms with Crippen molar-refractivity contribution < 1.29 is 5.11 Å². The number of fused-ring (bicyclic) bond motifs is 1. The number of hydrogen-bond acceptors (Lipinski definition) is 2. The van der Waals surface area contributed by atoms with Gasteiger partial charge < -0.3 is 10.0 Å². The van der Waals surface area contributed by atoms with Gasteiger partial charge in [0.15, 0.2) is 0 Å². The van der Waals surface area contributed by atoms with Crippen molar-refractivity contribution in [2.45, 2.75) is 51.0 Å². The van der Waals surface area contributed by atoms with Gasteiger partial charge in [-0.15, -0.1) is 0 Å². The summed E-state index contributed by atoms with van der Waals surface area (Å²) in [6.45, 7) is 2.52. The normalized spacial score (nSPS) is 25.4. The molecule has 1 saturated heterocycles. The standard InChI is InChI=1S/C16H23NO/c18-16-7-5-6-13-8-9-14(12-15(13)16)17-10-3-1-2-4-11-17/h5-7,14,18H,1-4,8-12H2. The number of hydrogen-bond donors (Lipinski definition) is 1. The number of rotatable bonds is 1. The summed E-state index contributed by atoms with van der Waals surface area (Å²) in [5.41, 5.74) is 2.57. The maximum atomic E-state index is 10.0. The average Bonchev–Trinajstić information content (AvgIpc) is 2.68. The first kappa shape index (κ1) is 12.0. The summed E-state index contributed by atoms with van der Waals surface area (Å²) in [7, 11) is 0. The number of phenols is 1. The molecule has 2 nitrogen and oxygen atoms in total. The molecule has 1 aliphatic carbocycles. The van der Waals surface area contributed by atoms with Crippen molar-refractivity contribution in [3.63, 3.8) is 0 Å². The first-order valence-corrected chi connectivity index (χ1v) is 7.38. The molecule has 18 heavy (non-hydrogen) atoms. The summed E-state index contributed by atoms with van der Waals surface area (Å²) >= 11 is 0. The molecule has 0 aromatic heterocycles. The van der Waals surface area contributed by atoms with Gasteiger partial charge in [-0.2, -0.15) is 0 Å². The second-order valence-electron chi connectivity index (χ2n) is 5.76. The van der Waals surface area contributed by atoms with E-state index >= 15 is 0 Å². The molecule has 98 valence electrons. The number of benzene rings is 1. The van der Waals surface area contributed by atoms with Gasteiger partial charge in [0.05, 0.1) is 0 Å². The molecule has 0 radical (unpaired) electrons. The molecule has 1 aromatic carbocycles. The van der Waals surface area contributed by atoms with Crippen molar-refractivity contribution in [2.24, 2.45) is 0 Å². The third-order valence-corrected chi connectivity index (χ3v) is 4.59. The van der Waals surface area contributed by atoms with E-state index in [0.29, 0.717) is 11.8 Å². The second kappa shape index (κ2) is 5.31. The number of aryl methyl sites for hydroxylation is 1. The minimum absolute atomic E-state index is 0.507. The van der Waals surface area contributed by atoms with E-state index in [9.17, 15) is 5.11 Å². The first-order chi connectivity index (χ1) is 8.84. The minimum Gasteiger partial charge on any atom is -0.508 e. The quantitative estimate of drug-likeness (QED) is 0.821. The summed E-state index contributed by atoms with van der Waals surface area (Å²) in [4.78, 5) is 2.67. The first-order valence-electron chi connectivity index (χ1n) is 7.38. The molecule has 1 atom stereocenters. The van der Waals surface area contributed by atoms with Gasteiger partial charge in [0, 0.05) is 6.04 Å². The van der Waals surface area contributed by atoms with Crippen LogP contribution in [0.3, 0.4) is 0 Å². The Bertz CT molecular complexity index is 408. The lowest BCUT2D eigenvalue weighted by atomic mass is 9.87. The average molecular weight is 245 g/mol. The van der Waals surface area contributed by atoms with Gasteiger partial charge in [0.1, 0.15) is 5.75 Å². The van der Waals surface area contributed by atoms with Crippen LogP contribution in [0.15, 0.2) is 18.2 Å². The number of aromatic hydroxyl groups is 1. The van der Waals surface area contributed by atoms with Crippen molar-refractivity contribution >= 4 is 0 Å². The Morgan fingerprint density at radius 2 is 1.83 bits per heavy atom. The van der Waals surface area contributed by atoms with Gasteiger partial charge in [-0.05, 0) is 62.4 Å². The topological polar surface area (TPSA) is 23.5 Å². The fourth-order valence-electron chi connectivity index (χ4n) is 3.52. The van der Waals surface area contributed by atoms with Gasteiger partial charge in [-0.25, -0.2) is 0 Å². The largest absolute Gasteiger partial charge is 0.508 e. The van der Waals surface area contributed by atoms with Gasteiger partial charge in [0.2, 0.25) is 0 Å². The van der Waals surface area contributed by atoms with Crippen LogP contribution >= 0.6 is 0 Å². The summed E-state index contributed by atoms with van der Waals surface area (Å²) in [5.74, 6) is 0.507. The molecule has 0 saturated carbocycles. The van der Waals surface area contributed by atoms with Crippen molar-refractivity contribution in [2.75, 3.05) is 13.1 Å². The molecular formula is C16H23NO. The molecule has 1 N–H and O–H groups in total. The zero-order chi connectivity index (χ0) is 12.4. The van der Waals surface area contributed by atoms with E-state index < -0.39 is 0 Å². The van der Waals surface area contributed by atoms with Gasteiger partial charge >= 0.3 is 0 Å². The highest BCUT2D eigenvalue weighted by Gasteiger charge is 2.26. The summed E-state index contributed by atoms with van der Waals surface area (Å²) < 4.78 is 0. The third kappa shape index (κ3) is 2.39. The summed E-state index contributed by atoms with van der Waals surface area (Å²) in [6, 6.07) is 6.64. The van der Waals surface area contributed by atoms with Crippen LogP contribution in [0.2, 0.25) is 0 Å². The van der Waals surface area contributed by atoms with E-state index in [2.05, 4.69) is 11.0 Å². The highest BCUT2D eigenvalue weighted by molar-refractivity contribution is 5.41. The fraction of sp³-hybridized carbons (Fsp3) is 0.625. The molecule has 2 heteroatoms. The fourth-order valence-corrected chi connectivity index (χ4v) is 3.52. The van der Waals surface area contributed by atoms with Gasteiger partial charge in [-0.3, -0.25) is 0 Å². The second-order valence-corrected chi connectivity index (χ2v) is 5.76. The van der Waals surface area contributed by atoms with Gasteiger partial charge in [-0.1, -0.05) is 25.0 Å². The highest BCUT2D eigenvalue weighted by Crippen LogP contribution is 2.31. The van der Waals surface area contributed by atoms with Crippen LogP contribution in [-0.2, 0) is 12.8 Å². The van der Waals surface area contributed by atoms with Crippen LogP contribution in [-0.4, -0.2) is 29.1 Å². The molecule has 3 rings (SSSR count). The minimum atomic E-state index is 0.507. The molecule has 1 heterocycles. The molecule has 1 fully saturated rings.